The summed E-state index contributed by atoms with van der Waals surface area (Å²) in [6.45, 7) is 6.89. The second-order valence-corrected chi connectivity index (χ2v) is 6.32. The number of carbonyl (C=O) groups excluding carboxylic acids is 1. The second-order valence-electron chi connectivity index (χ2n) is 6.32. The zero-order valence-corrected chi connectivity index (χ0v) is 14.3. The lowest BCUT2D eigenvalue weighted by atomic mass is 10.1. The van der Waals surface area contributed by atoms with Crippen LogP contribution >= 0.6 is 0 Å². The number of fused-ring (bicyclic) bond motifs is 1. The number of hydrogen-bond donors (Lipinski definition) is 2. The van der Waals surface area contributed by atoms with Gasteiger partial charge in [0.25, 0.3) is 0 Å². The van der Waals surface area contributed by atoms with E-state index in [9.17, 15) is 4.79 Å². The van der Waals surface area contributed by atoms with Crippen molar-refractivity contribution in [1.29, 1.82) is 0 Å². The number of hydrogen-bond acceptors (Lipinski definition) is 5. The van der Waals surface area contributed by atoms with E-state index >= 15 is 0 Å². The number of anilines is 1. The number of nitrogens with zero attached hydrogens (tertiary/aromatic N) is 5. The van der Waals surface area contributed by atoms with Gasteiger partial charge in [0.05, 0.1) is 18.1 Å². The summed E-state index contributed by atoms with van der Waals surface area (Å²) in [6.07, 6.45) is 5.70. The Labute approximate surface area is 141 Å². The number of aromatic nitrogens is 5. The Morgan fingerprint density at radius 2 is 2.08 bits per heavy atom. The molecule has 0 radical (unpaired) electrons. The molecule has 1 atom stereocenters. The molecule has 3 heterocycles. The van der Waals surface area contributed by atoms with Crippen LogP contribution in [0.3, 0.4) is 0 Å². The molecule has 128 valence electrons. The van der Waals surface area contributed by atoms with Crippen LogP contribution in [0.2, 0.25) is 0 Å². The lowest BCUT2D eigenvalue weighted by molar-refractivity contribution is 0.244. The van der Waals surface area contributed by atoms with Gasteiger partial charge >= 0.3 is 6.03 Å². The fraction of sp³-hybridized carbons (Fsp3) is 0.562. The molecule has 0 saturated carbocycles. The highest BCUT2D eigenvalue weighted by molar-refractivity contribution is 5.89. The third-order valence-electron chi connectivity index (χ3n) is 4.11. The Hall–Kier alpha value is -2.51. The van der Waals surface area contributed by atoms with Gasteiger partial charge in [0.1, 0.15) is 17.5 Å². The van der Waals surface area contributed by atoms with Crippen LogP contribution in [0.25, 0.3) is 0 Å². The molecular weight excluding hydrogens is 306 g/mol. The topological polar surface area (TPSA) is 97.6 Å². The summed E-state index contributed by atoms with van der Waals surface area (Å²) in [6, 6.07) is -0.183. The van der Waals surface area contributed by atoms with Crippen molar-refractivity contribution in [1.82, 2.24) is 30.0 Å². The maximum atomic E-state index is 12.2. The van der Waals surface area contributed by atoms with Crippen molar-refractivity contribution in [3.8, 4) is 0 Å². The largest absolute Gasteiger partial charge is 0.333 e. The normalized spacial score (nSPS) is 16.8. The van der Waals surface area contributed by atoms with Gasteiger partial charge in [0.2, 0.25) is 0 Å². The van der Waals surface area contributed by atoms with Crippen LogP contribution in [0.4, 0.5) is 10.5 Å². The minimum absolute atomic E-state index is 0.0573. The van der Waals surface area contributed by atoms with E-state index in [1.807, 2.05) is 6.92 Å². The smallest absolute Gasteiger partial charge is 0.319 e. The molecule has 8 nitrogen and oxygen atoms in total. The zero-order chi connectivity index (χ0) is 17.1. The average Bonchev–Trinajstić information content (AvgIpc) is 2.99. The molecule has 0 saturated heterocycles. The summed E-state index contributed by atoms with van der Waals surface area (Å²) in [5, 5.41) is 14.3. The average molecular weight is 329 g/mol. The zero-order valence-electron chi connectivity index (χ0n) is 14.3. The van der Waals surface area contributed by atoms with Crippen molar-refractivity contribution in [3.63, 3.8) is 0 Å². The number of aryl methyl sites for hydroxylation is 2. The molecule has 0 aliphatic carbocycles. The number of rotatable bonds is 4. The molecule has 3 rings (SSSR count). The SMILES string of the molecule is CCc1ncc(NC(=O)N[C@@H]2CCc3nnc(C(C)C)n3C2)cn1. The molecule has 1 aliphatic heterocycles. The maximum Gasteiger partial charge on any atom is 0.319 e. The first kappa shape index (κ1) is 16.4. The Balaban J connectivity index is 1.59. The quantitative estimate of drug-likeness (QED) is 0.892. The van der Waals surface area contributed by atoms with Gasteiger partial charge in [-0.3, -0.25) is 0 Å². The van der Waals surface area contributed by atoms with Crippen LogP contribution in [0.1, 0.15) is 50.6 Å². The first-order chi connectivity index (χ1) is 11.6. The summed E-state index contributed by atoms with van der Waals surface area (Å²) in [4.78, 5) is 20.5. The van der Waals surface area contributed by atoms with Crippen molar-refractivity contribution in [3.05, 3.63) is 29.9 Å². The van der Waals surface area contributed by atoms with E-state index < -0.39 is 0 Å². The Morgan fingerprint density at radius 3 is 2.75 bits per heavy atom. The number of nitrogens with one attached hydrogen (secondary N) is 2. The van der Waals surface area contributed by atoms with Crippen LogP contribution in [0.15, 0.2) is 12.4 Å². The Kier molecular flexibility index (Phi) is 4.73. The summed E-state index contributed by atoms with van der Waals surface area (Å²) >= 11 is 0. The Bertz CT molecular complexity index is 708. The first-order valence-electron chi connectivity index (χ1n) is 8.37. The van der Waals surface area contributed by atoms with Gasteiger partial charge in [-0.15, -0.1) is 10.2 Å². The van der Waals surface area contributed by atoms with Gasteiger partial charge in [-0.25, -0.2) is 14.8 Å². The minimum Gasteiger partial charge on any atom is -0.333 e. The van der Waals surface area contributed by atoms with Gasteiger partial charge in [-0.2, -0.15) is 0 Å². The third-order valence-corrected chi connectivity index (χ3v) is 4.11. The van der Waals surface area contributed by atoms with Crippen molar-refractivity contribution in [2.45, 2.75) is 58.5 Å². The van der Waals surface area contributed by atoms with Crippen LogP contribution in [-0.2, 0) is 19.4 Å². The van der Waals surface area contributed by atoms with Crippen LogP contribution in [0, 0.1) is 0 Å². The van der Waals surface area contributed by atoms with E-state index in [-0.39, 0.29) is 12.1 Å². The molecule has 0 bridgehead atoms. The summed E-state index contributed by atoms with van der Waals surface area (Å²) in [7, 11) is 0. The Morgan fingerprint density at radius 1 is 1.33 bits per heavy atom. The molecule has 0 unspecified atom stereocenters. The molecule has 2 aromatic rings. The predicted molar refractivity (Wildman–Crippen MR) is 89.8 cm³/mol. The monoisotopic (exact) mass is 329 g/mol. The van der Waals surface area contributed by atoms with E-state index in [1.54, 1.807) is 12.4 Å². The fourth-order valence-electron chi connectivity index (χ4n) is 2.85. The standard InChI is InChI=1S/C16H23N7O/c1-4-13-17-7-12(8-18-13)20-16(24)19-11-5-6-14-21-22-15(10(2)3)23(14)9-11/h7-8,10-11H,4-6,9H2,1-3H3,(H2,19,20,24)/t11-/m1/s1. The lowest BCUT2D eigenvalue weighted by Crippen LogP contribution is -2.43. The van der Waals surface area contributed by atoms with E-state index in [2.05, 4.69) is 49.2 Å². The molecule has 0 fully saturated rings. The summed E-state index contributed by atoms with van der Waals surface area (Å²) < 4.78 is 2.12. The van der Waals surface area contributed by atoms with Gasteiger partial charge in [0, 0.05) is 31.3 Å². The molecule has 2 N–H and O–H groups in total. The number of amides is 2. The van der Waals surface area contributed by atoms with Gasteiger partial charge in [0.15, 0.2) is 0 Å². The highest BCUT2D eigenvalue weighted by Crippen LogP contribution is 2.20. The van der Waals surface area contributed by atoms with Crippen molar-refractivity contribution >= 4 is 11.7 Å². The van der Waals surface area contributed by atoms with E-state index in [4.69, 9.17) is 0 Å². The first-order valence-corrected chi connectivity index (χ1v) is 8.37. The van der Waals surface area contributed by atoms with E-state index in [0.29, 0.717) is 18.2 Å². The fourth-order valence-corrected chi connectivity index (χ4v) is 2.85. The molecule has 2 amide bonds. The highest BCUT2D eigenvalue weighted by atomic mass is 16.2. The maximum absolute atomic E-state index is 12.2. The molecule has 1 aliphatic rings. The molecule has 2 aromatic heterocycles. The van der Waals surface area contributed by atoms with Crippen LogP contribution < -0.4 is 10.6 Å². The van der Waals surface area contributed by atoms with Crippen molar-refractivity contribution in [2.75, 3.05) is 5.32 Å². The minimum atomic E-state index is -0.240. The molecular formula is C16H23N7O. The molecule has 24 heavy (non-hydrogen) atoms. The lowest BCUT2D eigenvalue weighted by Gasteiger charge is -2.26. The molecule has 0 aromatic carbocycles. The molecule has 0 spiro atoms. The third kappa shape index (κ3) is 3.52. The van der Waals surface area contributed by atoms with Gasteiger partial charge in [-0.05, 0) is 6.42 Å². The summed E-state index contributed by atoms with van der Waals surface area (Å²) in [5.74, 6) is 3.05. The van der Waals surface area contributed by atoms with E-state index in [0.717, 1.165) is 36.7 Å². The van der Waals surface area contributed by atoms with Crippen molar-refractivity contribution < 1.29 is 4.79 Å². The van der Waals surface area contributed by atoms with Gasteiger partial charge < -0.3 is 15.2 Å². The number of urea groups is 1. The van der Waals surface area contributed by atoms with Crippen LogP contribution in [-0.4, -0.2) is 36.8 Å². The van der Waals surface area contributed by atoms with Crippen LogP contribution in [0.5, 0.6) is 0 Å². The summed E-state index contributed by atoms with van der Waals surface area (Å²) in [5.41, 5.74) is 0.591. The number of carbonyl (C=O) groups is 1. The van der Waals surface area contributed by atoms with E-state index in [1.165, 1.54) is 0 Å². The second kappa shape index (κ2) is 6.94. The van der Waals surface area contributed by atoms with Crippen molar-refractivity contribution in [2.24, 2.45) is 0 Å². The predicted octanol–water partition coefficient (Wildman–Crippen LogP) is 1.89. The molecule has 8 heteroatoms. The highest BCUT2D eigenvalue weighted by Gasteiger charge is 2.25. The van der Waals surface area contributed by atoms with Gasteiger partial charge in [-0.1, -0.05) is 20.8 Å².